The van der Waals surface area contributed by atoms with Gasteiger partial charge in [-0.3, -0.25) is 4.79 Å². The number of carbonyl (C=O) groups is 1. The number of amides is 1. The van der Waals surface area contributed by atoms with Gasteiger partial charge in [-0.1, -0.05) is 46.2 Å². The van der Waals surface area contributed by atoms with Crippen LogP contribution in [0.5, 0.6) is 0 Å². The van der Waals surface area contributed by atoms with Crippen LogP contribution in [0.1, 0.15) is 46.1 Å². The summed E-state index contributed by atoms with van der Waals surface area (Å²) in [6.07, 6.45) is 2.17. The fraction of sp³-hybridized carbons (Fsp3) is 0.588. The van der Waals surface area contributed by atoms with Crippen molar-refractivity contribution in [3.8, 4) is 0 Å². The highest BCUT2D eigenvalue weighted by Gasteiger charge is 2.13. The van der Waals surface area contributed by atoms with E-state index in [1.165, 1.54) is 5.56 Å². The number of hydrogen-bond acceptors (Lipinski definition) is 2. The molecule has 0 atom stereocenters. The Balaban J connectivity index is 2.48. The summed E-state index contributed by atoms with van der Waals surface area (Å²) >= 11 is 0. The summed E-state index contributed by atoms with van der Waals surface area (Å²) in [5.41, 5.74) is 2.46. The molecule has 1 rings (SSSR count). The van der Waals surface area contributed by atoms with Gasteiger partial charge in [0, 0.05) is 19.3 Å². The average Bonchev–Trinajstić information content (AvgIpc) is 2.41. The summed E-state index contributed by atoms with van der Waals surface area (Å²) in [6.45, 7) is 9.91. The van der Waals surface area contributed by atoms with Gasteiger partial charge < -0.3 is 10.2 Å². The molecule has 3 nitrogen and oxygen atoms in total. The van der Waals surface area contributed by atoms with E-state index in [0.717, 1.165) is 25.1 Å². The predicted octanol–water partition coefficient (Wildman–Crippen LogP) is 3.65. The van der Waals surface area contributed by atoms with Gasteiger partial charge in [0.2, 0.25) is 5.91 Å². The molecule has 3 heteroatoms. The molecule has 1 N–H and O–H groups in total. The van der Waals surface area contributed by atoms with Gasteiger partial charge in [-0.25, -0.2) is 0 Å². The molecule has 0 bridgehead atoms. The first kappa shape index (κ1) is 16.5. The molecule has 20 heavy (non-hydrogen) atoms. The Bertz CT molecular complexity index is 418. The summed E-state index contributed by atoms with van der Waals surface area (Å²) in [6, 6.07) is 8.32. The number of nitrogens with one attached hydrogen (secondary N) is 1. The number of benzene rings is 1. The van der Waals surface area contributed by atoms with E-state index >= 15 is 0 Å². The summed E-state index contributed by atoms with van der Waals surface area (Å²) in [5.74, 6) is 0.137. The molecule has 0 fully saturated rings. The average molecular weight is 276 g/mol. The highest BCUT2D eigenvalue weighted by molar-refractivity contribution is 5.80. The van der Waals surface area contributed by atoms with E-state index in [2.05, 4.69) is 45.1 Å². The SMILES string of the molecule is CCCCN(C)C(=O)CNc1ccc(C(C)(C)C)cc1. The van der Waals surface area contributed by atoms with Crippen molar-refractivity contribution >= 4 is 11.6 Å². The Morgan fingerprint density at radius 3 is 2.30 bits per heavy atom. The summed E-state index contributed by atoms with van der Waals surface area (Å²) in [5, 5.41) is 3.19. The Morgan fingerprint density at radius 2 is 1.80 bits per heavy atom. The number of carbonyl (C=O) groups excluding carboxylic acids is 1. The molecule has 0 radical (unpaired) electrons. The number of rotatable bonds is 6. The van der Waals surface area contributed by atoms with Crippen molar-refractivity contribution in [3.63, 3.8) is 0 Å². The molecule has 0 aromatic heterocycles. The minimum Gasteiger partial charge on any atom is -0.376 e. The molecule has 0 aliphatic carbocycles. The Labute approximate surface area is 123 Å². The van der Waals surface area contributed by atoms with E-state index in [1.807, 2.05) is 19.2 Å². The lowest BCUT2D eigenvalue weighted by Gasteiger charge is -2.20. The van der Waals surface area contributed by atoms with Crippen molar-refractivity contribution in [1.82, 2.24) is 4.90 Å². The van der Waals surface area contributed by atoms with Crippen LogP contribution in [0, 0.1) is 0 Å². The molecule has 0 spiro atoms. The van der Waals surface area contributed by atoms with Crippen LogP contribution in [0.4, 0.5) is 5.69 Å². The van der Waals surface area contributed by atoms with Crippen molar-refractivity contribution in [2.75, 3.05) is 25.5 Å². The maximum atomic E-state index is 11.9. The topological polar surface area (TPSA) is 32.3 Å². The highest BCUT2D eigenvalue weighted by Crippen LogP contribution is 2.23. The summed E-state index contributed by atoms with van der Waals surface area (Å²) in [7, 11) is 1.86. The molecule has 0 heterocycles. The third-order valence-corrected chi connectivity index (χ3v) is 3.47. The second-order valence-electron chi connectivity index (χ2n) is 6.35. The van der Waals surface area contributed by atoms with Gasteiger partial charge in [-0.2, -0.15) is 0 Å². The first-order valence-electron chi connectivity index (χ1n) is 7.43. The molecule has 0 saturated heterocycles. The maximum Gasteiger partial charge on any atom is 0.241 e. The van der Waals surface area contributed by atoms with Crippen LogP contribution in [0.15, 0.2) is 24.3 Å². The first-order chi connectivity index (χ1) is 9.34. The van der Waals surface area contributed by atoms with Gasteiger partial charge in [0.1, 0.15) is 0 Å². The van der Waals surface area contributed by atoms with Crippen LogP contribution in [0.3, 0.4) is 0 Å². The highest BCUT2D eigenvalue weighted by atomic mass is 16.2. The molecular formula is C17H28N2O. The molecular weight excluding hydrogens is 248 g/mol. The number of hydrogen-bond donors (Lipinski definition) is 1. The van der Waals surface area contributed by atoms with Gasteiger partial charge in [-0.15, -0.1) is 0 Å². The minimum atomic E-state index is 0.137. The second kappa shape index (κ2) is 7.32. The van der Waals surface area contributed by atoms with Crippen molar-refractivity contribution in [2.24, 2.45) is 0 Å². The monoisotopic (exact) mass is 276 g/mol. The molecule has 0 aliphatic rings. The molecule has 1 aromatic rings. The van der Waals surface area contributed by atoms with Crippen molar-refractivity contribution < 1.29 is 4.79 Å². The van der Waals surface area contributed by atoms with Crippen LogP contribution < -0.4 is 5.32 Å². The summed E-state index contributed by atoms with van der Waals surface area (Å²) in [4.78, 5) is 13.7. The van der Waals surface area contributed by atoms with Crippen molar-refractivity contribution in [3.05, 3.63) is 29.8 Å². The predicted molar refractivity (Wildman–Crippen MR) is 86.2 cm³/mol. The Morgan fingerprint density at radius 1 is 1.20 bits per heavy atom. The number of likely N-dealkylation sites (N-methyl/N-ethyl adjacent to an activating group) is 1. The lowest BCUT2D eigenvalue weighted by molar-refractivity contribution is -0.128. The zero-order valence-corrected chi connectivity index (χ0v) is 13.5. The van der Waals surface area contributed by atoms with Crippen LogP contribution in [-0.4, -0.2) is 30.9 Å². The largest absolute Gasteiger partial charge is 0.376 e. The lowest BCUT2D eigenvalue weighted by atomic mass is 9.87. The van der Waals surface area contributed by atoms with Crippen LogP contribution in [-0.2, 0) is 10.2 Å². The fourth-order valence-electron chi connectivity index (χ4n) is 1.92. The van der Waals surface area contributed by atoms with Gasteiger partial charge >= 0.3 is 0 Å². The lowest BCUT2D eigenvalue weighted by Crippen LogP contribution is -2.32. The second-order valence-corrected chi connectivity index (χ2v) is 6.35. The fourth-order valence-corrected chi connectivity index (χ4v) is 1.92. The molecule has 0 unspecified atom stereocenters. The van der Waals surface area contributed by atoms with Crippen LogP contribution >= 0.6 is 0 Å². The van der Waals surface area contributed by atoms with E-state index < -0.39 is 0 Å². The van der Waals surface area contributed by atoms with Crippen molar-refractivity contribution in [2.45, 2.75) is 46.0 Å². The van der Waals surface area contributed by atoms with E-state index in [-0.39, 0.29) is 11.3 Å². The molecule has 0 saturated carbocycles. The quantitative estimate of drug-likeness (QED) is 0.860. The van der Waals surface area contributed by atoms with E-state index in [4.69, 9.17) is 0 Å². The van der Waals surface area contributed by atoms with E-state index in [1.54, 1.807) is 4.90 Å². The van der Waals surface area contributed by atoms with Gasteiger partial charge in [-0.05, 0) is 29.5 Å². The first-order valence-corrected chi connectivity index (χ1v) is 7.43. The van der Waals surface area contributed by atoms with E-state index in [9.17, 15) is 4.79 Å². The zero-order chi connectivity index (χ0) is 15.2. The van der Waals surface area contributed by atoms with Crippen molar-refractivity contribution in [1.29, 1.82) is 0 Å². The number of anilines is 1. The molecule has 0 aliphatic heterocycles. The third-order valence-electron chi connectivity index (χ3n) is 3.47. The summed E-state index contributed by atoms with van der Waals surface area (Å²) < 4.78 is 0. The maximum absolute atomic E-state index is 11.9. The molecule has 1 aromatic carbocycles. The van der Waals surface area contributed by atoms with Gasteiger partial charge in [0.15, 0.2) is 0 Å². The number of unbranched alkanes of at least 4 members (excludes halogenated alkanes) is 1. The minimum absolute atomic E-state index is 0.137. The van der Waals surface area contributed by atoms with Crippen LogP contribution in [0.2, 0.25) is 0 Å². The Kier molecular flexibility index (Phi) is 6.05. The van der Waals surface area contributed by atoms with Gasteiger partial charge in [0.05, 0.1) is 6.54 Å². The molecule has 1 amide bonds. The Hall–Kier alpha value is -1.51. The standard InChI is InChI=1S/C17H28N2O/c1-6-7-12-19(5)16(20)13-18-15-10-8-14(9-11-15)17(2,3)4/h8-11,18H,6-7,12-13H2,1-5H3. The third kappa shape index (κ3) is 5.24. The zero-order valence-electron chi connectivity index (χ0n) is 13.5. The van der Waals surface area contributed by atoms with Gasteiger partial charge in [0.25, 0.3) is 0 Å². The smallest absolute Gasteiger partial charge is 0.241 e. The normalized spacial score (nSPS) is 11.2. The van der Waals surface area contributed by atoms with E-state index in [0.29, 0.717) is 6.54 Å². The molecule has 112 valence electrons. The number of nitrogens with zero attached hydrogens (tertiary/aromatic N) is 1. The van der Waals surface area contributed by atoms with Crippen LogP contribution in [0.25, 0.3) is 0 Å².